The predicted octanol–water partition coefficient (Wildman–Crippen LogP) is 5.84. The molecule has 1 heterocycles. The van der Waals surface area contributed by atoms with E-state index in [0.29, 0.717) is 41.6 Å². The van der Waals surface area contributed by atoms with E-state index in [-0.39, 0.29) is 11.7 Å². The van der Waals surface area contributed by atoms with E-state index >= 15 is 0 Å². The van der Waals surface area contributed by atoms with Gasteiger partial charge in [-0.05, 0) is 74.1 Å². The number of aromatic nitrogens is 2. The number of hydrogen-bond donors (Lipinski definition) is 1. The van der Waals surface area contributed by atoms with Crippen LogP contribution in [0.1, 0.15) is 65.3 Å². The van der Waals surface area contributed by atoms with Gasteiger partial charge in [0.15, 0.2) is 5.78 Å². The Bertz CT molecular complexity index is 1110. The summed E-state index contributed by atoms with van der Waals surface area (Å²) in [5, 5.41) is 9.27. The molecule has 1 aromatic heterocycles. The number of benzene rings is 2. The Balaban J connectivity index is 1.62. The van der Waals surface area contributed by atoms with Gasteiger partial charge in [0.25, 0.3) is 5.91 Å². The number of methoxy groups -OCH3 is 1. The molecular formula is C27H34ClN3O3. The lowest BCUT2D eigenvalue weighted by Gasteiger charge is -2.16. The lowest BCUT2D eigenvalue weighted by molar-refractivity contribution is 0.0935. The van der Waals surface area contributed by atoms with Crippen LogP contribution in [0, 0.1) is 12.8 Å². The van der Waals surface area contributed by atoms with Gasteiger partial charge in [0, 0.05) is 54.4 Å². The number of carbonyl (C=O) groups excluding carboxylic acids is 2. The van der Waals surface area contributed by atoms with Crippen LogP contribution in [-0.2, 0) is 11.3 Å². The van der Waals surface area contributed by atoms with Crippen LogP contribution in [0.15, 0.2) is 42.6 Å². The van der Waals surface area contributed by atoms with Crippen molar-refractivity contribution in [2.24, 2.45) is 5.92 Å². The second kappa shape index (κ2) is 12.7. The quantitative estimate of drug-likeness (QED) is 0.244. The van der Waals surface area contributed by atoms with Crippen molar-refractivity contribution in [2.45, 2.75) is 52.5 Å². The maximum atomic E-state index is 12.5. The fourth-order valence-corrected chi connectivity index (χ4v) is 4.44. The summed E-state index contributed by atoms with van der Waals surface area (Å²) in [6.45, 7) is 5.91. The van der Waals surface area contributed by atoms with E-state index < -0.39 is 0 Å². The molecule has 0 radical (unpaired) electrons. The summed E-state index contributed by atoms with van der Waals surface area (Å²) < 4.78 is 7.00. The molecule has 0 aliphatic carbocycles. The van der Waals surface area contributed by atoms with Crippen LogP contribution in [-0.4, -0.2) is 41.7 Å². The molecule has 1 amide bonds. The van der Waals surface area contributed by atoms with Gasteiger partial charge in [-0.2, -0.15) is 5.10 Å². The number of amides is 1. The zero-order chi connectivity index (χ0) is 24.5. The number of nitrogens with zero attached hydrogens (tertiary/aromatic N) is 2. The Labute approximate surface area is 206 Å². The van der Waals surface area contributed by atoms with Crippen LogP contribution in [0.2, 0.25) is 5.02 Å². The van der Waals surface area contributed by atoms with E-state index in [2.05, 4.69) is 12.2 Å². The summed E-state index contributed by atoms with van der Waals surface area (Å²) in [4.78, 5) is 25.0. The van der Waals surface area contributed by atoms with Crippen molar-refractivity contribution >= 4 is 34.2 Å². The first kappa shape index (κ1) is 25.9. The van der Waals surface area contributed by atoms with Gasteiger partial charge in [-0.3, -0.25) is 14.3 Å². The van der Waals surface area contributed by atoms with Crippen LogP contribution < -0.4 is 5.32 Å². The molecule has 6 nitrogen and oxygen atoms in total. The fourth-order valence-electron chi connectivity index (χ4n) is 4.31. The van der Waals surface area contributed by atoms with Crippen LogP contribution >= 0.6 is 11.6 Å². The third kappa shape index (κ3) is 6.90. The van der Waals surface area contributed by atoms with E-state index in [1.54, 1.807) is 31.4 Å². The van der Waals surface area contributed by atoms with E-state index in [0.717, 1.165) is 48.7 Å². The first-order chi connectivity index (χ1) is 16.4. The fraction of sp³-hybridized carbons (Fsp3) is 0.444. The van der Waals surface area contributed by atoms with E-state index in [4.69, 9.17) is 21.4 Å². The minimum absolute atomic E-state index is 0.0987. The highest BCUT2D eigenvalue weighted by molar-refractivity contribution is 6.30. The molecule has 0 bridgehead atoms. The number of hydrogen-bond acceptors (Lipinski definition) is 4. The molecule has 0 aliphatic heterocycles. The number of aryl methyl sites for hydroxylation is 1. The average molecular weight is 484 g/mol. The second-order valence-electron chi connectivity index (χ2n) is 8.75. The Hall–Kier alpha value is -2.70. The highest BCUT2D eigenvalue weighted by atomic mass is 35.5. The first-order valence-electron chi connectivity index (χ1n) is 12.0. The number of carbonyl (C=O) groups is 2. The second-order valence-corrected chi connectivity index (χ2v) is 9.18. The topological polar surface area (TPSA) is 73.2 Å². The molecule has 3 rings (SSSR count). The van der Waals surface area contributed by atoms with Crippen LogP contribution in [0.25, 0.3) is 10.9 Å². The molecule has 7 heteroatoms. The van der Waals surface area contributed by atoms with Crippen molar-refractivity contribution in [1.29, 1.82) is 0 Å². The lowest BCUT2D eigenvalue weighted by atomic mass is 9.95. The standard InChI is InChI=1S/C27H34ClN3O3/c1-4-6-20(7-5-8-26(32)21-9-11-22(28)12-10-21)17-31-18-24-19(2)23(13-14-25(24)30-31)27(33)29-15-16-34-3/h9-14,18,20H,4-8,15-17H2,1-3H3,(H,29,33). The molecular weight excluding hydrogens is 450 g/mol. The summed E-state index contributed by atoms with van der Waals surface area (Å²) in [5.41, 5.74) is 3.19. The molecule has 1 atom stereocenters. The summed E-state index contributed by atoms with van der Waals surface area (Å²) >= 11 is 5.92. The number of fused-ring (bicyclic) bond motifs is 1. The Morgan fingerprint density at radius 3 is 2.62 bits per heavy atom. The molecule has 2 aromatic carbocycles. The van der Waals surface area contributed by atoms with Crippen molar-refractivity contribution in [3.8, 4) is 0 Å². The van der Waals surface area contributed by atoms with E-state index in [1.807, 2.05) is 29.9 Å². The van der Waals surface area contributed by atoms with Gasteiger partial charge in [-0.25, -0.2) is 0 Å². The molecule has 182 valence electrons. The lowest BCUT2D eigenvalue weighted by Crippen LogP contribution is -2.27. The van der Waals surface area contributed by atoms with Gasteiger partial charge in [-0.1, -0.05) is 24.9 Å². The molecule has 3 aromatic rings. The minimum Gasteiger partial charge on any atom is -0.383 e. The molecule has 0 saturated carbocycles. The number of ketones is 1. The monoisotopic (exact) mass is 483 g/mol. The van der Waals surface area contributed by atoms with Crippen LogP contribution in [0.4, 0.5) is 0 Å². The normalized spacial score (nSPS) is 12.1. The first-order valence-corrected chi connectivity index (χ1v) is 12.3. The SMILES string of the molecule is CCCC(CCCC(=O)c1ccc(Cl)cc1)Cn1cc2c(C)c(C(=O)NCCOC)ccc2n1. The van der Waals surface area contributed by atoms with Crippen molar-refractivity contribution in [1.82, 2.24) is 15.1 Å². The zero-order valence-corrected chi connectivity index (χ0v) is 21.0. The number of ether oxygens (including phenoxy) is 1. The molecule has 0 fully saturated rings. The maximum absolute atomic E-state index is 12.5. The Morgan fingerprint density at radius 1 is 1.15 bits per heavy atom. The summed E-state index contributed by atoms with van der Waals surface area (Å²) in [7, 11) is 1.61. The van der Waals surface area contributed by atoms with Gasteiger partial charge in [-0.15, -0.1) is 0 Å². The van der Waals surface area contributed by atoms with Gasteiger partial charge in [0.05, 0.1) is 12.1 Å². The molecule has 0 spiro atoms. The summed E-state index contributed by atoms with van der Waals surface area (Å²) in [6, 6.07) is 10.8. The highest BCUT2D eigenvalue weighted by Crippen LogP contribution is 2.24. The Morgan fingerprint density at radius 2 is 1.91 bits per heavy atom. The van der Waals surface area contributed by atoms with Crippen LogP contribution in [0.5, 0.6) is 0 Å². The molecule has 1 unspecified atom stereocenters. The largest absolute Gasteiger partial charge is 0.383 e. The average Bonchev–Trinajstić information content (AvgIpc) is 3.23. The van der Waals surface area contributed by atoms with E-state index in [1.165, 1.54) is 0 Å². The maximum Gasteiger partial charge on any atom is 0.251 e. The third-order valence-electron chi connectivity index (χ3n) is 6.17. The molecule has 34 heavy (non-hydrogen) atoms. The van der Waals surface area contributed by atoms with Crippen molar-refractivity contribution in [2.75, 3.05) is 20.3 Å². The van der Waals surface area contributed by atoms with Crippen LogP contribution in [0.3, 0.4) is 0 Å². The van der Waals surface area contributed by atoms with E-state index in [9.17, 15) is 9.59 Å². The molecule has 0 saturated heterocycles. The summed E-state index contributed by atoms with van der Waals surface area (Å²) in [5.74, 6) is 0.497. The predicted molar refractivity (Wildman–Crippen MR) is 137 cm³/mol. The van der Waals surface area contributed by atoms with Gasteiger partial charge >= 0.3 is 0 Å². The zero-order valence-electron chi connectivity index (χ0n) is 20.3. The van der Waals surface area contributed by atoms with Gasteiger partial charge in [0.1, 0.15) is 0 Å². The molecule has 0 aliphatic rings. The molecule has 1 N–H and O–H groups in total. The smallest absolute Gasteiger partial charge is 0.251 e. The third-order valence-corrected chi connectivity index (χ3v) is 6.42. The van der Waals surface area contributed by atoms with Gasteiger partial charge < -0.3 is 10.1 Å². The summed E-state index contributed by atoms with van der Waals surface area (Å²) in [6.07, 6.45) is 6.55. The number of halogens is 1. The Kier molecular flexibility index (Phi) is 9.66. The number of Topliss-reactive ketones (excluding diaryl/α,β-unsaturated/α-hetero) is 1. The van der Waals surface area contributed by atoms with Crippen molar-refractivity contribution < 1.29 is 14.3 Å². The van der Waals surface area contributed by atoms with Crippen molar-refractivity contribution in [3.05, 3.63) is 64.3 Å². The van der Waals surface area contributed by atoms with Gasteiger partial charge in [0.2, 0.25) is 0 Å². The minimum atomic E-state index is -0.0987. The van der Waals surface area contributed by atoms with Crippen molar-refractivity contribution in [3.63, 3.8) is 0 Å². The highest BCUT2D eigenvalue weighted by Gasteiger charge is 2.16. The number of rotatable bonds is 13. The number of nitrogens with one attached hydrogen (secondary N) is 1.